The van der Waals surface area contributed by atoms with Crippen molar-refractivity contribution in [2.75, 3.05) is 32.7 Å². The summed E-state index contributed by atoms with van der Waals surface area (Å²) in [6.45, 7) is 3.97. The van der Waals surface area contributed by atoms with Gasteiger partial charge in [-0.3, -0.25) is 19.4 Å². The maximum absolute atomic E-state index is 14.7. The number of carbonyl (C=O) groups excluding carboxylic acids is 1. The van der Waals surface area contributed by atoms with Gasteiger partial charge in [-0.25, -0.2) is 4.39 Å². The lowest BCUT2D eigenvalue weighted by Gasteiger charge is -2.38. The van der Waals surface area contributed by atoms with Gasteiger partial charge in [-0.2, -0.15) is 12.6 Å². The van der Waals surface area contributed by atoms with Gasteiger partial charge in [0, 0.05) is 42.8 Å². The number of hydrogen-bond acceptors (Lipinski definition) is 5. The molecule has 1 saturated carbocycles. The normalized spacial score (nSPS) is 24.2. The van der Waals surface area contributed by atoms with Crippen LogP contribution in [0.5, 0.6) is 0 Å². The predicted octanol–water partition coefficient (Wildman–Crippen LogP) is 4.81. The van der Waals surface area contributed by atoms with Crippen LogP contribution in [0.3, 0.4) is 0 Å². The molecule has 0 bridgehead atoms. The molecule has 0 aromatic heterocycles. The highest BCUT2D eigenvalue weighted by molar-refractivity contribution is 7.81. The van der Waals surface area contributed by atoms with Crippen molar-refractivity contribution in [3.63, 3.8) is 0 Å². The third-order valence-corrected chi connectivity index (χ3v) is 7.69. The third kappa shape index (κ3) is 7.44. The number of carboxylic acid groups (broad SMARTS) is 1. The van der Waals surface area contributed by atoms with E-state index < -0.39 is 12.0 Å². The molecule has 2 heterocycles. The standard InChI is InChI=1S/C25H33FN2O3S.2ClH/c26-21-4-2-1-3-20(21)24(25(31)18-5-6-18)28-14-10-22(32)19(16-28)9-13-27-11-7-17(8-12-27)15-23(29)30;;/h1-4,9,17-18,22,24,32H,5-8,10-16H2,(H,29,30);2*1H/b19-9-;;. The maximum Gasteiger partial charge on any atom is 0.303 e. The molecule has 1 aromatic carbocycles. The average Bonchev–Trinajstić information content (AvgIpc) is 3.61. The summed E-state index contributed by atoms with van der Waals surface area (Å²) in [5, 5.41) is 9.14. The molecule has 2 atom stereocenters. The Hall–Kier alpha value is -1.12. The van der Waals surface area contributed by atoms with Crippen molar-refractivity contribution in [1.82, 2.24) is 9.80 Å². The van der Waals surface area contributed by atoms with Gasteiger partial charge < -0.3 is 5.11 Å². The number of likely N-dealkylation sites (tertiary alicyclic amines) is 2. The van der Waals surface area contributed by atoms with Crippen LogP contribution in [-0.2, 0) is 9.59 Å². The Balaban J connectivity index is 0.00000204. The predicted molar refractivity (Wildman–Crippen MR) is 140 cm³/mol. The highest BCUT2D eigenvalue weighted by atomic mass is 35.5. The minimum absolute atomic E-state index is 0. The maximum atomic E-state index is 14.7. The molecular formula is C25H35Cl2FN2O3S. The second-order valence-electron chi connectivity index (χ2n) is 9.50. The van der Waals surface area contributed by atoms with Gasteiger partial charge in [0.05, 0.1) is 6.04 Å². The Morgan fingerprint density at radius 3 is 2.38 bits per heavy atom. The van der Waals surface area contributed by atoms with Gasteiger partial charge in [-0.1, -0.05) is 24.3 Å². The number of Topliss-reactive ketones (excluding diaryl/α,β-unsaturated/α-hetero) is 1. The van der Waals surface area contributed by atoms with Gasteiger partial charge in [0.1, 0.15) is 5.82 Å². The van der Waals surface area contributed by atoms with Crippen LogP contribution in [-0.4, -0.2) is 64.6 Å². The van der Waals surface area contributed by atoms with Crippen molar-refractivity contribution < 1.29 is 19.1 Å². The molecule has 1 aromatic rings. The molecule has 0 amide bonds. The SMILES string of the molecule is Cl.Cl.O=C(O)CC1CCN(C/C=C2/CN(C(C(=O)C3CC3)c3ccccc3F)CCC2S)CC1. The summed E-state index contributed by atoms with van der Waals surface area (Å²) >= 11 is 4.79. The number of piperidine rings is 2. The number of thiol groups is 1. The number of nitrogens with zero attached hydrogens (tertiary/aromatic N) is 2. The van der Waals surface area contributed by atoms with E-state index in [-0.39, 0.29) is 59.9 Å². The van der Waals surface area contributed by atoms with Crippen molar-refractivity contribution in [3.05, 3.63) is 47.3 Å². The number of benzene rings is 1. The fourth-order valence-corrected chi connectivity index (χ4v) is 5.30. The van der Waals surface area contributed by atoms with Gasteiger partial charge in [-0.15, -0.1) is 24.8 Å². The van der Waals surface area contributed by atoms with Crippen LogP contribution in [0.1, 0.15) is 50.1 Å². The number of carboxylic acids is 1. The fourth-order valence-electron chi connectivity index (χ4n) is 5.00. The van der Waals surface area contributed by atoms with Gasteiger partial charge in [0.15, 0.2) is 5.78 Å². The molecule has 190 valence electrons. The first-order valence-corrected chi connectivity index (χ1v) is 12.3. The van der Waals surface area contributed by atoms with Crippen molar-refractivity contribution >= 4 is 49.2 Å². The molecule has 3 aliphatic rings. The van der Waals surface area contributed by atoms with E-state index in [4.69, 9.17) is 17.7 Å². The lowest BCUT2D eigenvalue weighted by atomic mass is 9.93. The topological polar surface area (TPSA) is 60.9 Å². The van der Waals surface area contributed by atoms with E-state index in [1.165, 1.54) is 11.6 Å². The Kier molecular flexibility index (Phi) is 11.4. The number of carbonyl (C=O) groups is 2. The molecule has 5 nitrogen and oxygen atoms in total. The van der Waals surface area contributed by atoms with Crippen LogP contribution in [0.25, 0.3) is 0 Å². The Labute approximate surface area is 219 Å². The molecule has 2 unspecified atom stereocenters. The van der Waals surface area contributed by atoms with Crippen molar-refractivity contribution in [3.8, 4) is 0 Å². The molecule has 9 heteroatoms. The molecule has 0 spiro atoms. The van der Waals surface area contributed by atoms with E-state index in [1.54, 1.807) is 12.1 Å². The van der Waals surface area contributed by atoms with Crippen molar-refractivity contribution in [2.24, 2.45) is 11.8 Å². The van der Waals surface area contributed by atoms with Gasteiger partial charge in [-0.05, 0) is 62.8 Å². The van der Waals surface area contributed by atoms with Crippen LogP contribution >= 0.6 is 37.4 Å². The number of halogens is 3. The van der Waals surface area contributed by atoms with Crippen molar-refractivity contribution in [1.29, 1.82) is 0 Å². The lowest BCUT2D eigenvalue weighted by Crippen LogP contribution is -2.43. The van der Waals surface area contributed by atoms with Crippen LogP contribution in [0.4, 0.5) is 4.39 Å². The first-order valence-electron chi connectivity index (χ1n) is 11.8. The molecule has 2 aliphatic heterocycles. The summed E-state index contributed by atoms with van der Waals surface area (Å²) in [6.07, 6.45) is 6.96. The summed E-state index contributed by atoms with van der Waals surface area (Å²) in [6, 6.07) is 6.14. The van der Waals surface area contributed by atoms with Gasteiger partial charge in [0.2, 0.25) is 0 Å². The minimum Gasteiger partial charge on any atom is -0.481 e. The van der Waals surface area contributed by atoms with Crippen LogP contribution < -0.4 is 0 Å². The fraction of sp³-hybridized carbons (Fsp3) is 0.600. The molecule has 2 saturated heterocycles. The summed E-state index contributed by atoms with van der Waals surface area (Å²) < 4.78 is 14.7. The summed E-state index contributed by atoms with van der Waals surface area (Å²) in [4.78, 5) is 28.6. The Morgan fingerprint density at radius 1 is 1.09 bits per heavy atom. The van der Waals surface area contributed by atoms with Crippen molar-refractivity contribution in [2.45, 2.75) is 49.8 Å². The zero-order valence-corrected chi connectivity index (χ0v) is 21.8. The Morgan fingerprint density at radius 2 is 1.76 bits per heavy atom. The quantitative estimate of drug-likeness (QED) is 0.371. The summed E-state index contributed by atoms with van der Waals surface area (Å²) in [5.41, 5.74) is 1.68. The summed E-state index contributed by atoms with van der Waals surface area (Å²) in [5.74, 6) is -0.542. The van der Waals surface area contributed by atoms with E-state index in [0.717, 1.165) is 58.3 Å². The molecular weight excluding hydrogens is 498 g/mol. The number of aliphatic carboxylic acids is 1. The monoisotopic (exact) mass is 532 g/mol. The van der Waals surface area contributed by atoms with E-state index in [1.807, 2.05) is 6.07 Å². The molecule has 1 N–H and O–H groups in total. The second kappa shape index (κ2) is 13.3. The van der Waals surface area contributed by atoms with Crippen LogP contribution in [0.15, 0.2) is 35.9 Å². The average molecular weight is 534 g/mol. The van der Waals surface area contributed by atoms with E-state index in [0.29, 0.717) is 12.1 Å². The lowest BCUT2D eigenvalue weighted by molar-refractivity contribution is -0.138. The number of rotatable bonds is 8. The molecule has 34 heavy (non-hydrogen) atoms. The van der Waals surface area contributed by atoms with Crippen LogP contribution in [0.2, 0.25) is 0 Å². The smallest absolute Gasteiger partial charge is 0.303 e. The second-order valence-corrected chi connectivity index (χ2v) is 10.1. The van der Waals surface area contributed by atoms with Gasteiger partial charge >= 0.3 is 5.97 Å². The van der Waals surface area contributed by atoms with E-state index >= 15 is 0 Å². The first-order chi connectivity index (χ1) is 15.4. The largest absolute Gasteiger partial charge is 0.481 e. The van der Waals surface area contributed by atoms with Crippen LogP contribution in [0, 0.1) is 17.7 Å². The first kappa shape index (κ1) is 29.1. The minimum atomic E-state index is -0.712. The van der Waals surface area contributed by atoms with E-state index in [9.17, 15) is 14.0 Å². The highest BCUT2D eigenvalue weighted by Crippen LogP contribution is 2.39. The summed E-state index contributed by atoms with van der Waals surface area (Å²) in [7, 11) is 0. The number of hydrogen-bond donors (Lipinski definition) is 2. The number of ketones is 1. The zero-order chi connectivity index (χ0) is 22.7. The molecule has 4 rings (SSSR count). The molecule has 1 aliphatic carbocycles. The van der Waals surface area contributed by atoms with E-state index in [2.05, 4.69) is 15.9 Å². The third-order valence-electron chi connectivity index (χ3n) is 7.10. The zero-order valence-electron chi connectivity index (χ0n) is 19.3. The Bertz CT molecular complexity index is 875. The van der Waals surface area contributed by atoms with Gasteiger partial charge in [0.25, 0.3) is 0 Å². The molecule has 3 fully saturated rings. The molecule has 0 radical (unpaired) electrons. The highest BCUT2D eigenvalue weighted by Gasteiger charge is 2.40.